The van der Waals surface area contributed by atoms with Crippen LogP contribution in [0.1, 0.15) is 5.56 Å². The van der Waals surface area contributed by atoms with E-state index in [1.807, 2.05) is 6.07 Å². The van der Waals surface area contributed by atoms with E-state index in [0.717, 1.165) is 22.2 Å². The summed E-state index contributed by atoms with van der Waals surface area (Å²) in [4.78, 5) is 36.0. The van der Waals surface area contributed by atoms with Crippen molar-refractivity contribution in [3.05, 3.63) is 23.8 Å². The quantitative estimate of drug-likeness (QED) is 0.857. The molecule has 2 aliphatic rings. The predicted molar refractivity (Wildman–Crippen MR) is 83.7 cm³/mol. The SMILES string of the molecule is O=C(Cc1ccc2c(c1)OCCO2)NCCN1C(=O)CSC1=O. The molecule has 1 aromatic carbocycles. The van der Waals surface area contributed by atoms with E-state index in [2.05, 4.69) is 5.32 Å². The number of benzene rings is 1. The lowest BCUT2D eigenvalue weighted by atomic mass is 10.1. The average molecular weight is 336 g/mol. The summed E-state index contributed by atoms with van der Waals surface area (Å²) < 4.78 is 10.9. The van der Waals surface area contributed by atoms with Crippen LogP contribution in [0.25, 0.3) is 0 Å². The molecular weight excluding hydrogens is 320 g/mol. The lowest BCUT2D eigenvalue weighted by Gasteiger charge is -2.18. The Morgan fingerprint density at radius 1 is 1.22 bits per heavy atom. The smallest absolute Gasteiger partial charge is 0.288 e. The topological polar surface area (TPSA) is 84.9 Å². The molecule has 2 heterocycles. The lowest BCUT2D eigenvalue weighted by molar-refractivity contribution is -0.125. The number of rotatable bonds is 5. The molecule has 23 heavy (non-hydrogen) atoms. The minimum Gasteiger partial charge on any atom is -0.486 e. The monoisotopic (exact) mass is 336 g/mol. The van der Waals surface area contributed by atoms with Crippen LogP contribution >= 0.6 is 11.8 Å². The van der Waals surface area contributed by atoms with Crippen LogP contribution in [-0.2, 0) is 16.0 Å². The Morgan fingerprint density at radius 3 is 2.74 bits per heavy atom. The van der Waals surface area contributed by atoms with E-state index in [9.17, 15) is 14.4 Å². The molecule has 7 nitrogen and oxygen atoms in total. The highest BCUT2D eigenvalue weighted by Crippen LogP contribution is 2.30. The molecule has 0 spiro atoms. The standard InChI is InChI=1S/C15H16N2O5S/c18-13(16-3-4-17-14(19)9-23-15(17)20)8-10-1-2-11-12(7-10)22-6-5-21-11/h1-2,7H,3-6,8-9H2,(H,16,18). The van der Waals surface area contributed by atoms with Crippen molar-refractivity contribution < 1.29 is 23.9 Å². The molecule has 0 atom stereocenters. The van der Waals surface area contributed by atoms with Gasteiger partial charge in [0.2, 0.25) is 11.8 Å². The van der Waals surface area contributed by atoms with Crippen LogP contribution in [0.3, 0.4) is 0 Å². The third-order valence-electron chi connectivity index (χ3n) is 3.47. The molecule has 1 N–H and O–H groups in total. The maximum absolute atomic E-state index is 11.9. The summed E-state index contributed by atoms with van der Waals surface area (Å²) in [5, 5.41) is 2.46. The summed E-state index contributed by atoms with van der Waals surface area (Å²) in [6.07, 6.45) is 0.202. The van der Waals surface area contributed by atoms with Gasteiger partial charge in [-0.2, -0.15) is 0 Å². The Bertz CT molecular complexity index is 633. The number of carbonyl (C=O) groups excluding carboxylic acids is 3. The zero-order chi connectivity index (χ0) is 16.2. The highest BCUT2D eigenvalue weighted by Gasteiger charge is 2.29. The number of nitrogens with zero attached hydrogens (tertiary/aromatic N) is 1. The van der Waals surface area contributed by atoms with Crippen LogP contribution in [0.2, 0.25) is 0 Å². The largest absolute Gasteiger partial charge is 0.486 e. The fourth-order valence-electron chi connectivity index (χ4n) is 2.35. The maximum atomic E-state index is 11.9. The molecular formula is C15H16N2O5S. The van der Waals surface area contributed by atoms with Crippen molar-refractivity contribution in [2.75, 3.05) is 32.1 Å². The molecule has 0 unspecified atom stereocenters. The second-order valence-corrected chi connectivity index (χ2v) is 6.03. The normalized spacial score (nSPS) is 16.6. The molecule has 0 bridgehead atoms. The number of ether oxygens (including phenoxy) is 2. The Kier molecular flexibility index (Phi) is 4.71. The van der Waals surface area contributed by atoms with Crippen molar-refractivity contribution in [1.29, 1.82) is 0 Å². The van der Waals surface area contributed by atoms with Gasteiger partial charge in [0, 0.05) is 13.1 Å². The lowest BCUT2D eigenvalue weighted by Crippen LogP contribution is -2.37. The molecule has 0 aromatic heterocycles. The van der Waals surface area contributed by atoms with Gasteiger partial charge in [-0.1, -0.05) is 17.8 Å². The number of fused-ring (bicyclic) bond motifs is 1. The van der Waals surface area contributed by atoms with Crippen molar-refractivity contribution in [3.8, 4) is 11.5 Å². The molecule has 3 amide bonds. The van der Waals surface area contributed by atoms with Gasteiger partial charge in [-0.3, -0.25) is 19.3 Å². The van der Waals surface area contributed by atoms with Crippen molar-refractivity contribution in [2.45, 2.75) is 6.42 Å². The Labute approximate surface area is 137 Å². The molecule has 8 heteroatoms. The number of hydrogen-bond acceptors (Lipinski definition) is 6. The van der Waals surface area contributed by atoms with Crippen LogP contribution in [0.5, 0.6) is 11.5 Å². The number of hydrogen-bond donors (Lipinski definition) is 1. The summed E-state index contributed by atoms with van der Waals surface area (Å²) in [6, 6.07) is 5.39. The first-order chi connectivity index (χ1) is 11.1. The summed E-state index contributed by atoms with van der Waals surface area (Å²) in [6.45, 7) is 1.48. The number of thioether (sulfide) groups is 1. The zero-order valence-corrected chi connectivity index (χ0v) is 13.2. The average Bonchev–Trinajstić information content (AvgIpc) is 2.86. The minimum atomic E-state index is -0.254. The summed E-state index contributed by atoms with van der Waals surface area (Å²) in [7, 11) is 0. The minimum absolute atomic E-state index is 0.173. The number of carbonyl (C=O) groups is 3. The van der Waals surface area contributed by atoms with Gasteiger partial charge >= 0.3 is 0 Å². The summed E-state index contributed by atoms with van der Waals surface area (Å²) >= 11 is 0.987. The Hall–Kier alpha value is -2.22. The van der Waals surface area contributed by atoms with E-state index in [1.165, 1.54) is 0 Å². The highest BCUT2D eigenvalue weighted by atomic mass is 32.2. The van der Waals surface area contributed by atoms with E-state index in [4.69, 9.17) is 9.47 Å². The first kappa shape index (κ1) is 15.7. The van der Waals surface area contributed by atoms with Gasteiger partial charge in [0.25, 0.3) is 5.24 Å². The number of nitrogens with one attached hydrogen (secondary N) is 1. The predicted octanol–water partition coefficient (Wildman–Crippen LogP) is 0.812. The number of imide groups is 1. The maximum Gasteiger partial charge on any atom is 0.288 e. The van der Waals surface area contributed by atoms with Gasteiger partial charge in [0.15, 0.2) is 11.5 Å². The van der Waals surface area contributed by atoms with Crippen molar-refractivity contribution in [3.63, 3.8) is 0 Å². The molecule has 0 radical (unpaired) electrons. The Balaban J connectivity index is 1.48. The van der Waals surface area contributed by atoms with Crippen LogP contribution in [-0.4, -0.2) is 54.0 Å². The van der Waals surface area contributed by atoms with E-state index in [0.29, 0.717) is 24.7 Å². The van der Waals surface area contributed by atoms with E-state index >= 15 is 0 Å². The van der Waals surface area contributed by atoms with Crippen molar-refractivity contribution in [1.82, 2.24) is 10.2 Å². The van der Waals surface area contributed by atoms with Gasteiger partial charge in [0.05, 0.1) is 12.2 Å². The number of amides is 3. The van der Waals surface area contributed by atoms with Gasteiger partial charge in [-0.15, -0.1) is 0 Å². The van der Waals surface area contributed by atoms with Crippen LogP contribution in [0.15, 0.2) is 18.2 Å². The van der Waals surface area contributed by atoms with Crippen molar-refractivity contribution >= 4 is 28.8 Å². The zero-order valence-electron chi connectivity index (χ0n) is 12.4. The molecule has 1 saturated heterocycles. The fourth-order valence-corrected chi connectivity index (χ4v) is 3.10. The molecule has 3 rings (SSSR count). The van der Waals surface area contributed by atoms with Crippen LogP contribution in [0.4, 0.5) is 4.79 Å². The molecule has 0 aliphatic carbocycles. The highest BCUT2D eigenvalue weighted by molar-refractivity contribution is 8.14. The molecule has 2 aliphatic heterocycles. The van der Waals surface area contributed by atoms with Crippen LogP contribution < -0.4 is 14.8 Å². The first-order valence-electron chi connectivity index (χ1n) is 7.26. The van der Waals surface area contributed by atoms with E-state index < -0.39 is 0 Å². The summed E-state index contributed by atoms with van der Waals surface area (Å²) in [5.74, 6) is 1.13. The third-order valence-corrected chi connectivity index (χ3v) is 4.33. The van der Waals surface area contributed by atoms with Crippen molar-refractivity contribution in [2.24, 2.45) is 0 Å². The van der Waals surface area contributed by atoms with Gasteiger partial charge in [-0.05, 0) is 17.7 Å². The molecule has 1 fully saturated rings. The second kappa shape index (κ2) is 6.91. The van der Waals surface area contributed by atoms with Gasteiger partial charge in [0.1, 0.15) is 13.2 Å². The van der Waals surface area contributed by atoms with Gasteiger partial charge in [-0.25, -0.2) is 0 Å². The Morgan fingerprint density at radius 2 is 2.00 bits per heavy atom. The van der Waals surface area contributed by atoms with Crippen LogP contribution in [0, 0.1) is 0 Å². The molecule has 1 aromatic rings. The molecule has 122 valence electrons. The third kappa shape index (κ3) is 3.76. The second-order valence-electron chi connectivity index (χ2n) is 5.10. The molecule has 0 saturated carbocycles. The van der Waals surface area contributed by atoms with E-state index in [-0.39, 0.29) is 42.3 Å². The first-order valence-corrected chi connectivity index (χ1v) is 8.24. The van der Waals surface area contributed by atoms with E-state index in [1.54, 1.807) is 12.1 Å². The fraction of sp³-hybridized carbons (Fsp3) is 0.400. The summed E-state index contributed by atoms with van der Waals surface area (Å²) in [5.41, 5.74) is 0.815. The van der Waals surface area contributed by atoms with Gasteiger partial charge < -0.3 is 14.8 Å².